The molecular weight excluding hydrogens is 335 g/mol. The van der Waals surface area contributed by atoms with Crippen molar-refractivity contribution in [3.05, 3.63) is 35.4 Å². The van der Waals surface area contributed by atoms with Crippen molar-refractivity contribution in [2.75, 3.05) is 33.4 Å². The molecule has 5 nitrogen and oxygen atoms in total. The van der Waals surface area contributed by atoms with Crippen molar-refractivity contribution in [3.8, 4) is 6.19 Å². The van der Waals surface area contributed by atoms with Crippen LogP contribution < -0.4 is 0 Å². The summed E-state index contributed by atoms with van der Waals surface area (Å²) in [6.45, 7) is 1.82. The van der Waals surface area contributed by atoms with E-state index in [1.165, 1.54) is 19.2 Å². The molecule has 1 atom stereocenters. The highest BCUT2D eigenvalue weighted by molar-refractivity contribution is 5.79. The van der Waals surface area contributed by atoms with Crippen LogP contribution in [0.25, 0.3) is 0 Å². The maximum absolute atomic E-state index is 12.6. The molecule has 1 unspecified atom stereocenters. The van der Waals surface area contributed by atoms with E-state index in [0.29, 0.717) is 38.2 Å². The zero-order valence-electron chi connectivity index (χ0n) is 13.9. The lowest BCUT2D eigenvalue weighted by Gasteiger charge is -2.28. The molecule has 1 heterocycles. The fourth-order valence-corrected chi connectivity index (χ4v) is 2.88. The van der Waals surface area contributed by atoms with Crippen LogP contribution in [0.1, 0.15) is 17.5 Å². The number of nitriles is 1. The van der Waals surface area contributed by atoms with E-state index in [0.717, 1.165) is 12.1 Å². The third kappa shape index (κ3) is 5.10. The molecule has 1 aromatic carbocycles. The molecule has 8 heteroatoms. The maximum Gasteiger partial charge on any atom is 0.416 e. The number of amides is 1. The van der Waals surface area contributed by atoms with Gasteiger partial charge in [0.1, 0.15) is 0 Å². The topological polar surface area (TPSA) is 56.6 Å². The van der Waals surface area contributed by atoms with Crippen LogP contribution in [0.3, 0.4) is 0 Å². The van der Waals surface area contributed by atoms with Crippen LogP contribution in [0, 0.1) is 11.5 Å². The van der Waals surface area contributed by atoms with Crippen molar-refractivity contribution in [1.29, 1.82) is 5.26 Å². The quantitative estimate of drug-likeness (QED) is 0.735. The lowest BCUT2D eigenvalue weighted by molar-refractivity contribution is -0.137. The van der Waals surface area contributed by atoms with Gasteiger partial charge < -0.3 is 14.5 Å². The Bertz CT molecular complexity index is 626. The highest BCUT2D eigenvalue weighted by Crippen LogP contribution is 2.29. The molecule has 1 fully saturated rings. The smallest absolute Gasteiger partial charge is 0.383 e. The summed E-state index contributed by atoms with van der Waals surface area (Å²) in [4.78, 5) is 15.9. The van der Waals surface area contributed by atoms with E-state index in [1.807, 2.05) is 0 Å². The third-order valence-corrected chi connectivity index (χ3v) is 4.24. The predicted octanol–water partition coefficient (Wildman–Crippen LogP) is 2.28. The van der Waals surface area contributed by atoms with Gasteiger partial charge in [-0.25, -0.2) is 0 Å². The second kappa shape index (κ2) is 8.21. The van der Waals surface area contributed by atoms with Crippen LogP contribution in [-0.2, 0) is 22.1 Å². The Hall–Kier alpha value is -2.27. The van der Waals surface area contributed by atoms with E-state index < -0.39 is 11.7 Å². The molecule has 25 heavy (non-hydrogen) atoms. The molecule has 0 aromatic heterocycles. The van der Waals surface area contributed by atoms with Crippen molar-refractivity contribution in [1.82, 2.24) is 9.80 Å². The van der Waals surface area contributed by atoms with Crippen LogP contribution >= 0.6 is 0 Å². The van der Waals surface area contributed by atoms with E-state index in [4.69, 9.17) is 10.00 Å². The number of halogens is 3. The molecule has 0 N–H and O–H groups in total. The average molecular weight is 355 g/mol. The molecule has 0 aliphatic carbocycles. The average Bonchev–Trinajstić information content (AvgIpc) is 3.04. The number of rotatable bonds is 6. The van der Waals surface area contributed by atoms with E-state index in [-0.39, 0.29) is 18.4 Å². The first-order valence-electron chi connectivity index (χ1n) is 7.94. The summed E-state index contributed by atoms with van der Waals surface area (Å²) in [5.41, 5.74) is -0.212. The first-order chi connectivity index (χ1) is 11.8. The minimum Gasteiger partial charge on any atom is -0.383 e. The van der Waals surface area contributed by atoms with Gasteiger partial charge in [-0.2, -0.15) is 18.4 Å². The normalized spacial score (nSPS) is 17.4. The number of hydrogen-bond donors (Lipinski definition) is 0. The molecule has 1 aliphatic heterocycles. The van der Waals surface area contributed by atoms with Gasteiger partial charge in [-0.3, -0.25) is 4.79 Å². The lowest BCUT2D eigenvalue weighted by atomic mass is 10.1. The number of hydrogen-bond acceptors (Lipinski definition) is 4. The fraction of sp³-hybridized carbons (Fsp3) is 0.529. The molecule has 0 bridgehead atoms. The standard InChI is InChI=1S/C17H20F3N3O2/c1-25-9-8-23(15-6-7-22(11-15)12-21)16(24)10-13-2-4-14(5-3-13)17(18,19)20/h2-5,15H,6-11H2,1H3. The molecule has 0 saturated carbocycles. The van der Waals surface area contributed by atoms with Gasteiger partial charge in [0.15, 0.2) is 6.19 Å². The molecule has 1 saturated heterocycles. The van der Waals surface area contributed by atoms with Gasteiger partial charge >= 0.3 is 6.18 Å². The summed E-state index contributed by atoms with van der Waals surface area (Å²) in [6, 6.07) is 4.53. The summed E-state index contributed by atoms with van der Waals surface area (Å²) in [7, 11) is 1.54. The minimum absolute atomic E-state index is 0.0188. The molecule has 0 radical (unpaired) electrons. The van der Waals surface area contributed by atoms with Crippen molar-refractivity contribution < 1.29 is 22.7 Å². The number of methoxy groups -OCH3 is 1. The van der Waals surface area contributed by atoms with Crippen LogP contribution in [0.15, 0.2) is 24.3 Å². The Kier molecular flexibility index (Phi) is 6.26. The van der Waals surface area contributed by atoms with Crippen LogP contribution in [0.4, 0.5) is 13.2 Å². The highest BCUT2D eigenvalue weighted by Gasteiger charge is 2.31. The van der Waals surface area contributed by atoms with Crippen molar-refractivity contribution in [2.45, 2.75) is 25.1 Å². The van der Waals surface area contributed by atoms with Crippen LogP contribution in [-0.4, -0.2) is 55.1 Å². The second-order valence-electron chi connectivity index (χ2n) is 5.94. The SMILES string of the molecule is COCCN(C(=O)Cc1ccc(C(F)(F)F)cc1)C1CCN(C#N)C1. The van der Waals surface area contributed by atoms with Gasteiger partial charge in [0.05, 0.1) is 24.6 Å². The second-order valence-corrected chi connectivity index (χ2v) is 5.94. The van der Waals surface area contributed by atoms with Gasteiger partial charge in [-0.05, 0) is 24.1 Å². The van der Waals surface area contributed by atoms with Gasteiger partial charge in [0, 0.05) is 26.7 Å². The zero-order chi connectivity index (χ0) is 18.4. The van der Waals surface area contributed by atoms with Gasteiger partial charge in [-0.1, -0.05) is 12.1 Å². The van der Waals surface area contributed by atoms with Crippen molar-refractivity contribution in [2.24, 2.45) is 0 Å². The molecule has 2 rings (SSSR count). The number of carbonyl (C=O) groups is 1. The third-order valence-electron chi connectivity index (χ3n) is 4.24. The summed E-state index contributed by atoms with van der Waals surface area (Å²) in [5.74, 6) is -0.179. The summed E-state index contributed by atoms with van der Waals surface area (Å²) in [5, 5.41) is 8.96. The summed E-state index contributed by atoms with van der Waals surface area (Å²) < 4.78 is 42.9. The number of likely N-dealkylation sites (tertiary alicyclic amines) is 1. The van der Waals surface area contributed by atoms with Crippen molar-refractivity contribution >= 4 is 5.91 Å². The molecule has 0 spiro atoms. The summed E-state index contributed by atoms with van der Waals surface area (Å²) in [6.07, 6.45) is -1.61. The highest BCUT2D eigenvalue weighted by atomic mass is 19.4. The van der Waals surface area contributed by atoms with E-state index >= 15 is 0 Å². The molecule has 1 aromatic rings. The number of nitrogens with zero attached hydrogens (tertiary/aromatic N) is 3. The largest absolute Gasteiger partial charge is 0.416 e. The van der Waals surface area contributed by atoms with Crippen LogP contribution in [0.5, 0.6) is 0 Å². The molecular formula is C17H20F3N3O2. The van der Waals surface area contributed by atoms with Gasteiger partial charge in [-0.15, -0.1) is 0 Å². The summed E-state index contributed by atoms with van der Waals surface area (Å²) >= 11 is 0. The van der Waals surface area contributed by atoms with E-state index in [2.05, 4.69) is 6.19 Å². The number of alkyl halides is 3. The first kappa shape index (κ1) is 19.1. The number of carbonyl (C=O) groups excluding carboxylic acids is 1. The van der Waals surface area contributed by atoms with Crippen LogP contribution in [0.2, 0.25) is 0 Å². The van der Waals surface area contributed by atoms with E-state index in [1.54, 1.807) is 9.80 Å². The number of benzene rings is 1. The molecule has 1 aliphatic rings. The Balaban J connectivity index is 2.05. The van der Waals surface area contributed by atoms with Gasteiger partial charge in [0.2, 0.25) is 5.91 Å². The lowest BCUT2D eigenvalue weighted by Crippen LogP contribution is -2.44. The van der Waals surface area contributed by atoms with E-state index in [9.17, 15) is 18.0 Å². The number of ether oxygens (including phenoxy) is 1. The fourth-order valence-electron chi connectivity index (χ4n) is 2.88. The Morgan fingerprint density at radius 3 is 2.60 bits per heavy atom. The Morgan fingerprint density at radius 1 is 1.40 bits per heavy atom. The predicted molar refractivity (Wildman–Crippen MR) is 84.3 cm³/mol. The Labute approximate surface area is 144 Å². The monoisotopic (exact) mass is 355 g/mol. The first-order valence-corrected chi connectivity index (χ1v) is 7.94. The Morgan fingerprint density at radius 2 is 2.08 bits per heavy atom. The minimum atomic E-state index is -4.39. The van der Waals surface area contributed by atoms with Crippen molar-refractivity contribution in [3.63, 3.8) is 0 Å². The maximum atomic E-state index is 12.6. The zero-order valence-corrected chi connectivity index (χ0v) is 13.9. The molecule has 136 valence electrons. The van der Waals surface area contributed by atoms with Gasteiger partial charge in [0.25, 0.3) is 0 Å². The molecule has 1 amide bonds.